The average molecular weight is 1250 g/mol. The van der Waals surface area contributed by atoms with Gasteiger partial charge >= 0.3 is 29.8 Å². The molecule has 0 amide bonds. The van der Waals surface area contributed by atoms with Crippen LogP contribution in [0.1, 0.15) is 229 Å². The lowest BCUT2D eigenvalue weighted by molar-refractivity contribution is -0.148. The highest BCUT2D eigenvalue weighted by Gasteiger charge is 2.21. The van der Waals surface area contributed by atoms with Gasteiger partial charge in [0.05, 0.1) is 49.8 Å². The molecule has 18 nitrogen and oxygen atoms in total. The van der Waals surface area contributed by atoms with E-state index in [1.165, 1.54) is 0 Å². The summed E-state index contributed by atoms with van der Waals surface area (Å²) >= 11 is 0. The Balaban J connectivity index is 2.48. The molecule has 1 aliphatic rings. The second kappa shape index (κ2) is 53.6. The van der Waals surface area contributed by atoms with Gasteiger partial charge in [-0.1, -0.05) is 126 Å². The maximum absolute atomic E-state index is 12.9. The molecule has 0 aliphatic carbocycles. The number of nitrogens with zero attached hydrogens (tertiary/aromatic N) is 4. The van der Waals surface area contributed by atoms with E-state index in [0.717, 1.165) is 147 Å². The molecule has 0 aromatic heterocycles. The molecule has 0 spiro atoms. The standard InChI is InChI=1S/C65H124N4O14S2/c1-9-55(10-2)51-80-62(75)31-19-15-13-17-27-57(70)47-68(48-58(71)28-18-14-16-20-32-63(76)81-52-56(11-3)12-4)36-25-35-61(74)79-44-42-66-38-40-67(41-39-66)43-46-85-84-45-26-37-69(49-59(72)29-21-23-33-64(77)82-53(5)6)50-60(73)30-22-24-34-65(78)83-54(7)8/h53-60,70-73H,9-52H2,1-8H3. The molecule has 85 heavy (non-hydrogen) atoms. The van der Waals surface area contributed by atoms with Crippen molar-refractivity contribution in [1.29, 1.82) is 0 Å². The summed E-state index contributed by atoms with van der Waals surface area (Å²) in [4.78, 5) is 70.2. The summed E-state index contributed by atoms with van der Waals surface area (Å²) in [5.74, 6) is 1.86. The van der Waals surface area contributed by atoms with Gasteiger partial charge in [-0.05, 0) is 117 Å². The lowest BCUT2D eigenvalue weighted by atomic mass is 10.1. The average Bonchev–Trinajstić information content (AvgIpc) is 3.46. The topological polar surface area (TPSA) is 225 Å². The van der Waals surface area contributed by atoms with Gasteiger partial charge < -0.3 is 44.1 Å². The van der Waals surface area contributed by atoms with Crippen LogP contribution in [0.2, 0.25) is 0 Å². The Morgan fingerprint density at radius 1 is 0.412 bits per heavy atom. The third kappa shape index (κ3) is 48.3. The highest BCUT2D eigenvalue weighted by molar-refractivity contribution is 8.76. The van der Waals surface area contributed by atoms with Gasteiger partial charge in [-0.3, -0.25) is 43.6 Å². The molecule has 1 rings (SSSR count). The van der Waals surface area contributed by atoms with Gasteiger partial charge in [0.1, 0.15) is 6.61 Å². The Bertz CT molecular complexity index is 1570. The molecule has 1 fully saturated rings. The summed E-state index contributed by atoms with van der Waals surface area (Å²) < 4.78 is 27.1. The summed E-state index contributed by atoms with van der Waals surface area (Å²) in [6.45, 7) is 25.6. The molecule has 1 aliphatic heterocycles. The number of hydrogen-bond acceptors (Lipinski definition) is 20. The first-order chi connectivity index (χ1) is 40.8. The fourth-order valence-corrected chi connectivity index (χ4v) is 12.4. The van der Waals surface area contributed by atoms with Gasteiger partial charge in [-0.25, -0.2) is 0 Å². The Kier molecular flexibility index (Phi) is 50.9. The third-order valence-electron chi connectivity index (χ3n) is 15.8. The molecule has 0 saturated carbocycles. The van der Waals surface area contributed by atoms with Crippen LogP contribution >= 0.6 is 21.6 Å². The molecule has 0 aromatic rings. The van der Waals surface area contributed by atoms with E-state index < -0.39 is 24.4 Å². The Morgan fingerprint density at radius 3 is 1.15 bits per heavy atom. The summed E-state index contributed by atoms with van der Waals surface area (Å²) in [5.41, 5.74) is 0. The van der Waals surface area contributed by atoms with E-state index in [4.69, 9.17) is 23.7 Å². The lowest BCUT2D eigenvalue weighted by Gasteiger charge is -2.34. The number of hydrogen-bond donors (Lipinski definition) is 4. The first-order valence-corrected chi connectivity index (χ1v) is 36.1. The molecule has 4 unspecified atom stereocenters. The van der Waals surface area contributed by atoms with Crippen LogP contribution in [0.3, 0.4) is 0 Å². The van der Waals surface area contributed by atoms with Crippen LogP contribution in [-0.2, 0) is 47.7 Å². The lowest BCUT2D eigenvalue weighted by Crippen LogP contribution is -2.47. The molecule has 0 bridgehead atoms. The summed E-state index contributed by atoms with van der Waals surface area (Å²) in [5, 5.41) is 44.0. The van der Waals surface area contributed by atoms with E-state index in [2.05, 4.69) is 47.3 Å². The van der Waals surface area contributed by atoms with Crippen molar-refractivity contribution in [3.05, 3.63) is 0 Å². The number of carbonyl (C=O) groups is 5. The van der Waals surface area contributed by atoms with Gasteiger partial charge in [-0.15, -0.1) is 0 Å². The quantitative estimate of drug-likeness (QED) is 0.0192. The van der Waals surface area contributed by atoms with Crippen LogP contribution in [-0.4, -0.2) is 216 Å². The van der Waals surface area contributed by atoms with Crippen LogP contribution in [0, 0.1) is 11.8 Å². The second-order valence-electron chi connectivity index (χ2n) is 24.3. The first kappa shape index (κ1) is 80.7. The monoisotopic (exact) mass is 1250 g/mol. The number of piperazine rings is 1. The number of ether oxygens (including phenoxy) is 5. The minimum Gasteiger partial charge on any atom is -0.465 e. The molecule has 1 saturated heterocycles. The fraction of sp³-hybridized carbons (Fsp3) is 0.923. The zero-order chi connectivity index (χ0) is 62.9. The zero-order valence-corrected chi connectivity index (χ0v) is 56.3. The molecule has 500 valence electrons. The van der Waals surface area contributed by atoms with Gasteiger partial charge in [0.2, 0.25) is 0 Å². The van der Waals surface area contributed by atoms with E-state index >= 15 is 0 Å². The van der Waals surface area contributed by atoms with Gasteiger partial charge in [-0.2, -0.15) is 0 Å². The van der Waals surface area contributed by atoms with Gasteiger partial charge in [0.25, 0.3) is 0 Å². The summed E-state index contributed by atoms with van der Waals surface area (Å²) in [7, 11) is 3.73. The second-order valence-corrected chi connectivity index (χ2v) is 27.0. The minimum absolute atomic E-state index is 0.134. The van der Waals surface area contributed by atoms with Gasteiger partial charge in [0, 0.05) is 109 Å². The summed E-state index contributed by atoms with van der Waals surface area (Å²) in [6.07, 6.45) is 16.7. The van der Waals surface area contributed by atoms with Crippen LogP contribution in [0.4, 0.5) is 0 Å². The molecule has 1 heterocycles. The SMILES string of the molecule is CCC(CC)COC(=O)CCCCCCC(O)CN(CCCC(=O)OCCN1CCN(CCSSCCCN(CC(O)CCCCC(=O)OC(C)C)CC(O)CCCCC(=O)OC(C)C)CC1)CC(O)CCCCCCC(=O)OCC(CC)CC. The first-order valence-electron chi connectivity index (χ1n) is 33.6. The minimum atomic E-state index is -0.573. The number of esters is 5. The normalized spacial score (nSPS) is 14.8. The smallest absolute Gasteiger partial charge is 0.306 e. The van der Waals surface area contributed by atoms with E-state index in [1.54, 1.807) is 0 Å². The number of rotatable bonds is 57. The molecular formula is C65H124N4O14S2. The molecular weight excluding hydrogens is 1120 g/mol. The van der Waals surface area contributed by atoms with E-state index in [0.29, 0.717) is 142 Å². The molecule has 4 N–H and O–H groups in total. The third-order valence-corrected chi connectivity index (χ3v) is 18.3. The highest BCUT2D eigenvalue weighted by atomic mass is 33.1. The van der Waals surface area contributed by atoms with Crippen LogP contribution in [0.5, 0.6) is 0 Å². The largest absolute Gasteiger partial charge is 0.465 e. The van der Waals surface area contributed by atoms with Crippen LogP contribution < -0.4 is 0 Å². The van der Waals surface area contributed by atoms with E-state index in [1.807, 2.05) is 49.3 Å². The maximum atomic E-state index is 12.9. The van der Waals surface area contributed by atoms with Crippen molar-refractivity contribution >= 4 is 51.4 Å². The predicted octanol–water partition coefficient (Wildman–Crippen LogP) is 10.4. The van der Waals surface area contributed by atoms with Crippen molar-refractivity contribution in [3.63, 3.8) is 0 Å². The Labute approximate surface area is 523 Å². The Morgan fingerprint density at radius 2 is 0.741 bits per heavy atom. The maximum Gasteiger partial charge on any atom is 0.306 e. The zero-order valence-electron chi connectivity index (χ0n) is 54.7. The Hall–Kier alpha value is -2.27. The number of carbonyl (C=O) groups excluding carboxylic acids is 5. The number of unbranched alkanes of at least 4 members (excludes halogenated alkanes) is 8. The number of aliphatic hydroxyl groups is 4. The van der Waals surface area contributed by atoms with Crippen molar-refractivity contribution in [2.24, 2.45) is 11.8 Å². The number of aliphatic hydroxyl groups excluding tert-OH is 4. The fourth-order valence-electron chi connectivity index (χ4n) is 10.3. The van der Waals surface area contributed by atoms with Crippen molar-refractivity contribution in [3.8, 4) is 0 Å². The highest BCUT2D eigenvalue weighted by Crippen LogP contribution is 2.23. The molecule has 20 heteroatoms. The van der Waals surface area contributed by atoms with Crippen molar-refractivity contribution < 1.29 is 68.1 Å². The van der Waals surface area contributed by atoms with Gasteiger partial charge in [0.15, 0.2) is 0 Å². The van der Waals surface area contributed by atoms with Crippen molar-refractivity contribution in [2.75, 3.05) is 110 Å². The van der Waals surface area contributed by atoms with Crippen molar-refractivity contribution in [1.82, 2.24) is 19.6 Å². The van der Waals surface area contributed by atoms with Crippen molar-refractivity contribution in [2.45, 2.75) is 265 Å². The van der Waals surface area contributed by atoms with E-state index in [-0.39, 0.29) is 48.5 Å². The predicted molar refractivity (Wildman–Crippen MR) is 344 cm³/mol. The van der Waals surface area contributed by atoms with E-state index in [9.17, 15) is 44.4 Å². The molecule has 0 radical (unpaired) electrons. The summed E-state index contributed by atoms with van der Waals surface area (Å²) in [6, 6.07) is 0. The molecule has 0 aromatic carbocycles. The molecule has 4 atom stereocenters. The van der Waals surface area contributed by atoms with Crippen LogP contribution in [0.15, 0.2) is 0 Å². The van der Waals surface area contributed by atoms with Crippen LogP contribution in [0.25, 0.3) is 0 Å².